The molecule has 1 unspecified atom stereocenters. The fraction of sp³-hybridized carbons (Fsp3) is 0.520. The number of fused-ring (bicyclic) bond motifs is 1. The highest BCUT2D eigenvalue weighted by Crippen LogP contribution is 2.63. The molecule has 2 saturated carbocycles. The molecule has 0 radical (unpaired) electrons. The molecule has 0 saturated heterocycles. The van der Waals surface area contributed by atoms with Gasteiger partial charge in [0.25, 0.3) is 5.56 Å². The van der Waals surface area contributed by atoms with Gasteiger partial charge in [0.15, 0.2) is 0 Å². The highest BCUT2D eigenvalue weighted by atomic mass is 16.5. The van der Waals surface area contributed by atoms with Crippen molar-refractivity contribution in [2.75, 3.05) is 20.2 Å². The van der Waals surface area contributed by atoms with E-state index in [-0.39, 0.29) is 40.7 Å². The molecule has 1 amide bonds. The van der Waals surface area contributed by atoms with Crippen LogP contribution < -0.4 is 10.3 Å². The molecule has 1 atom stereocenters. The second-order valence-corrected chi connectivity index (χ2v) is 9.32. The van der Waals surface area contributed by atoms with Gasteiger partial charge < -0.3 is 18.9 Å². The normalized spacial score (nSPS) is 20.8. The van der Waals surface area contributed by atoms with Crippen molar-refractivity contribution in [1.82, 2.24) is 14.5 Å². The van der Waals surface area contributed by atoms with Gasteiger partial charge in [0.2, 0.25) is 5.91 Å². The molecule has 0 bridgehead atoms. The quantitative estimate of drug-likeness (QED) is 0.649. The van der Waals surface area contributed by atoms with Crippen molar-refractivity contribution in [3.05, 3.63) is 57.8 Å². The lowest BCUT2D eigenvalue weighted by atomic mass is 10.0. The number of esters is 1. The Morgan fingerprint density at radius 2 is 2.00 bits per heavy atom. The summed E-state index contributed by atoms with van der Waals surface area (Å²) in [5.41, 5.74) is 1.48. The number of aromatic nitrogens is 2. The molecule has 1 spiro atoms. The largest absolute Gasteiger partial charge is 0.486 e. The van der Waals surface area contributed by atoms with Crippen LogP contribution in [0.4, 0.5) is 0 Å². The SMILES string of the molecule is COC(=O)c1c(OCc2ccccn2)cc(=O)n2c1CCN(C(=O)C1CC13CCCC3)CC2. The van der Waals surface area contributed by atoms with E-state index in [0.29, 0.717) is 37.4 Å². The maximum Gasteiger partial charge on any atom is 0.343 e. The van der Waals surface area contributed by atoms with Crippen LogP contribution in [-0.4, -0.2) is 46.5 Å². The topological polar surface area (TPSA) is 90.7 Å². The van der Waals surface area contributed by atoms with Gasteiger partial charge in [-0.15, -0.1) is 0 Å². The fourth-order valence-electron chi connectivity index (χ4n) is 5.59. The van der Waals surface area contributed by atoms with Crippen LogP contribution in [0.25, 0.3) is 0 Å². The molecule has 8 nitrogen and oxygen atoms in total. The maximum atomic E-state index is 13.2. The Kier molecular flexibility index (Phi) is 5.68. The van der Waals surface area contributed by atoms with Crippen molar-refractivity contribution in [1.29, 1.82) is 0 Å². The monoisotopic (exact) mass is 451 g/mol. The first kappa shape index (κ1) is 21.7. The van der Waals surface area contributed by atoms with Gasteiger partial charge >= 0.3 is 5.97 Å². The Morgan fingerprint density at radius 3 is 2.73 bits per heavy atom. The van der Waals surface area contributed by atoms with E-state index in [4.69, 9.17) is 9.47 Å². The summed E-state index contributed by atoms with van der Waals surface area (Å²) in [6.45, 7) is 1.41. The van der Waals surface area contributed by atoms with E-state index in [1.54, 1.807) is 16.8 Å². The van der Waals surface area contributed by atoms with Crippen LogP contribution in [-0.2, 0) is 29.1 Å². The van der Waals surface area contributed by atoms with Gasteiger partial charge in [0, 0.05) is 49.9 Å². The Balaban J connectivity index is 1.39. The average molecular weight is 452 g/mol. The molecule has 3 aliphatic rings. The van der Waals surface area contributed by atoms with E-state index >= 15 is 0 Å². The third-order valence-corrected chi connectivity index (χ3v) is 7.48. The van der Waals surface area contributed by atoms with Crippen molar-refractivity contribution in [2.45, 2.75) is 51.7 Å². The van der Waals surface area contributed by atoms with Crippen molar-refractivity contribution in [3.63, 3.8) is 0 Å². The number of pyridine rings is 2. The zero-order valence-electron chi connectivity index (χ0n) is 18.9. The number of nitrogens with zero attached hydrogens (tertiary/aromatic N) is 3. The van der Waals surface area contributed by atoms with Gasteiger partial charge in [-0.05, 0) is 36.8 Å². The van der Waals surface area contributed by atoms with E-state index in [2.05, 4.69) is 4.98 Å². The van der Waals surface area contributed by atoms with Crippen LogP contribution in [0.2, 0.25) is 0 Å². The van der Waals surface area contributed by atoms with E-state index in [0.717, 1.165) is 19.3 Å². The number of hydrogen-bond acceptors (Lipinski definition) is 6. The molecule has 8 heteroatoms. The third-order valence-electron chi connectivity index (χ3n) is 7.48. The van der Waals surface area contributed by atoms with Crippen LogP contribution >= 0.6 is 0 Å². The highest BCUT2D eigenvalue weighted by Gasteiger charge is 2.59. The number of carbonyl (C=O) groups is 2. The standard InChI is InChI=1S/C25H29N3O5/c1-32-24(31)22-19-7-11-27(23(30)18-15-25(18)8-3-4-9-25)12-13-28(19)21(29)14-20(22)33-16-17-6-2-5-10-26-17/h2,5-6,10,14,18H,3-4,7-9,11-13,15-16H2,1H3. The minimum Gasteiger partial charge on any atom is -0.486 e. The first-order valence-electron chi connectivity index (χ1n) is 11.7. The molecule has 0 N–H and O–H groups in total. The van der Waals surface area contributed by atoms with Crippen LogP contribution in [0, 0.1) is 11.3 Å². The average Bonchev–Trinajstić information content (AvgIpc) is 3.42. The predicted octanol–water partition coefficient (Wildman–Crippen LogP) is 2.57. The summed E-state index contributed by atoms with van der Waals surface area (Å²) in [6.07, 6.45) is 7.79. The van der Waals surface area contributed by atoms with Gasteiger partial charge in [-0.2, -0.15) is 0 Å². The molecule has 174 valence electrons. The van der Waals surface area contributed by atoms with Gasteiger partial charge in [-0.1, -0.05) is 18.9 Å². The lowest BCUT2D eigenvalue weighted by Gasteiger charge is -2.21. The van der Waals surface area contributed by atoms with Crippen LogP contribution in [0.3, 0.4) is 0 Å². The van der Waals surface area contributed by atoms with E-state index < -0.39 is 5.97 Å². The Labute approximate surface area is 192 Å². The number of ether oxygens (including phenoxy) is 2. The van der Waals surface area contributed by atoms with Crippen LogP contribution in [0.15, 0.2) is 35.3 Å². The number of methoxy groups -OCH3 is 1. The van der Waals surface area contributed by atoms with Gasteiger partial charge in [-0.3, -0.25) is 14.6 Å². The third kappa shape index (κ3) is 4.03. The molecule has 2 fully saturated rings. The van der Waals surface area contributed by atoms with E-state index in [1.165, 1.54) is 26.0 Å². The summed E-state index contributed by atoms with van der Waals surface area (Å²) in [4.78, 5) is 45.0. The first-order chi connectivity index (χ1) is 16.0. The number of hydrogen-bond donors (Lipinski definition) is 0. The Hall–Kier alpha value is -3.16. The minimum atomic E-state index is -0.554. The molecule has 2 aliphatic carbocycles. The summed E-state index contributed by atoms with van der Waals surface area (Å²) < 4.78 is 12.5. The lowest BCUT2D eigenvalue weighted by Crippen LogP contribution is -2.36. The smallest absolute Gasteiger partial charge is 0.343 e. The Morgan fingerprint density at radius 1 is 1.18 bits per heavy atom. The van der Waals surface area contributed by atoms with Gasteiger partial charge in [-0.25, -0.2) is 4.79 Å². The Bertz CT molecular complexity index is 1120. The molecule has 3 heterocycles. The van der Waals surface area contributed by atoms with Gasteiger partial charge in [0.05, 0.1) is 12.8 Å². The number of amides is 1. The highest BCUT2D eigenvalue weighted by molar-refractivity contribution is 5.93. The maximum absolute atomic E-state index is 13.2. The number of carbonyl (C=O) groups excluding carboxylic acids is 2. The fourth-order valence-corrected chi connectivity index (χ4v) is 5.59. The first-order valence-corrected chi connectivity index (χ1v) is 11.7. The summed E-state index contributed by atoms with van der Waals surface area (Å²) in [5, 5.41) is 0. The van der Waals surface area contributed by atoms with Crippen molar-refractivity contribution >= 4 is 11.9 Å². The zero-order chi connectivity index (χ0) is 23.0. The van der Waals surface area contributed by atoms with Crippen molar-refractivity contribution in [3.8, 4) is 5.75 Å². The zero-order valence-corrected chi connectivity index (χ0v) is 18.9. The summed E-state index contributed by atoms with van der Waals surface area (Å²) >= 11 is 0. The summed E-state index contributed by atoms with van der Waals surface area (Å²) in [7, 11) is 1.31. The van der Waals surface area contributed by atoms with Gasteiger partial charge in [0.1, 0.15) is 17.9 Å². The molecule has 33 heavy (non-hydrogen) atoms. The van der Waals surface area contributed by atoms with E-state index in [1.807, 2.05) is 17.0 Å². The molecule has 1 aliphatic heterocycles. The van der Waals surface area contributed by atoms with E-state index in [9.17, 15) is 14.4 Å². The summed E-state index contributed by atoms with van der Waals surface area (Å²) in [6, 6.07) is 6.80. The number of rotatable bonds is 5. The molecular weight excluding hydrogens is 422 g/mol. The van der Waals surface area contributed by atoms with Crippen molar-refractivity contribution in [2.24, 2.45) is 11.3 Å². The van der Waals surface area contributed by atoms with Crippen molar-refractivity contribution < 1.29 is 19.1 Å². The minimum absolute atomic E-state index is 0.121. The van der Waals surface area contributed by atoms with Crippen LogP contribution in [0.5, 0.6) is 5.75 Å². The molecule has 2 aromatic heterocycles. The lowest BCUT2D eigenvalue weighted by molar-refractivity contribution is -0.133. The molecule has 0 aromatic carbocycles. The molecular formula is C25H29N3O5. The second kappa shape index (κ2) is 8.65. The summed E-state index contributed by atoms with van der Waals surface area (Å²) in [5.74, 6) is -0.0449. The molecule has 2 aromatic rings. The second-order valence-electron chi connectivity index (χ2n) is 9.32. The molecule has 5 rings (SSSR count). The predicted molar refractivity (Wildman–Crippen MR) is 120 cm³/mol. The van der Waals surface area contributed by atoms with Crippen LogP contribution in [0.1, 0.15) is 53.8 Å².